The van der Waals surface area contributed by atoms with Crippen molar-refractivity contribution < 1.29 is 14.3 Å². The third-order valence-electron chi connectivity index (χ3n) is 2.02. The summed E-state index contributed by atoms with van der Waals surface area (Å²) in [5.41, 5.74) is 1.24. The molecule has 1 N–H and O–H groups in total. The number of nitrogens with one attached hydrogen (secondary N) is 1. The smallest absolute Gasteiger partial charge is 0.340 e. The summed E-state index contributed by atoms with van der Waals surface area (Å²) in [5, 5.41) is 2.55. The molecule has 1 aliphatic rings. The predicted octanol–water partition coefficient (Wildman–Crippen LogP) is 0.992. The number of rotatable bonds is 1. The van der Waals surface area contributed by atoms with Crippen molar-refractivity contribution in [3.05, 3.63) is 35.4 Å². The molecule has 0 saturated heterocycles. The number of hydrogen-bond acceptors (Lipinski definition) is 3. The predicted molar refractivity (Wildman–Crippen MR) is 48.4 cm³/mol. The topological polar surface area (TPSA) is 55.4 Å². The Bertz CT molecular complexity index is 398. The van der Waals surface area contributed by atoms with Gasteiger partial charge in [-0.2, -0.15) is 0 Å². The summed E-state index contributed by atoms with van der Waals surface area (Å²) in [7, 11) is 0. The Morgan fingerprint density at radius 3 is 2.86 bits per heavy atom. The molecular formula is C10H9NO3. The van der Waals surface area contributed by atoms with Crippen LogP contribution in [-0.2, 0) is 9.53 Å². The fourth-order valence-electron chi connectivity index (χ4n) is 1.44. The number of esters is 1. The molecule has 0 fully saturated rings. The molecule has 0 aliphatic carbocycles. The van der Waals surface area contributed by atoms with Crippen LogP contribution < -0.4 is 5.32 Å². The van der Waals surface area contributed by atoms with Gasteiger partial charge in [0.25, 0.3) is 0 Å². The van der Waals surface area contributed by atoms with Crippen molar-refractivity contribution in [1.82, 2.24) is 5.32 Å². The Morgan fingerprint density at radius 1 is 1.43 bits per heavy atom. The van der Waals surface area contributed by atoms with Crippen LogP contribution in [0.4, 0.5) is 0 Å². The van der Waals surface area contributed by atoms with E-state index in [9.17, 15) is 9.59 Å². The number of amides is 1. The second kappa shape index (κ2) is 3.14. The van der Waals surface area contributed by atoms with Crippen LogP contribution in [0.5, 0.6) is 0 Å². The molecule has 1 aliphatic heterocycles. The fourth-order valence-corrected chi connectivity index (χ4v) is 1.44. The van der Waals surface area contributed by atoms with Crippen molar-refractivity contribution in [3.8, 4) is 0 Å². The summed E-state index contributed by atoms with van der Waals surface area (Å²) < 4.78 is 4.97. The Hall–Kier alpha value is -1.84. The van der Waals surface area contributed by atoms with Gasteiger partial charge in [-0.1, -0.05) is 18.2 Å². The quantitative estimate of drug-likeness (QED) is 0.673. The highest BCUT2D eigenvalue weighted by Crippen LogP contribution is 2.27. The lowest BCUT2D eigenvalue weighted by atomic mass is 10.1. The van der Waals surface area contributed by atoms with Gasteiger partial charge >= 0.3 is 5.97 Å². The molecule has 4 heteroatoms. The second-order valence-corrected chi connectivity index (χ2v) is 3.07. The second-order valence-electron chi connectivity index (χ2n) is 3.07. The zero-order valence-corrected chi connectivity index (χ0v) is 7.61. The van der Waals surface area contributed by atoms with Gasteiger partial charge in [0.1, 0.15) is 0 Å². The van der Waals surface area contributed by atoms with Gasteiger partial charge in [-0.25, -0.2) is 4.79 Å². The van der Waals surface area contributed by atoms with E-state index in [1.54, 1.807) is 24.3 Å². The molecule has 0 bridgehead atoms. The highest BCUT2D eigenvalue weighted by atomic mass is 16.6. The highest BCUT2D eigenvalue weighted by molar-refractivity contribution is 5.94. The molecule has 0 radical (unpaired) electrons. The van der Waals surface area contributed by atoms with E-state index in [2.05, 4.69) is 5.32 Å². The third kappa shape index (κ3) is 1.35. The van der Waals surface area contributed by atoms with Crippen LogP contribution in [0.2, 0.25) is 0 Å². The minimum absolute atomic E-state index is 0.223. The van der Waals surface area contributed by atoms with Crippen molar-refractivity contribution in [2.45, 2.75) is 13.2 Å². The van der Waals surface area contributed by atoms with E-state index >= 15 is 0 Å². The van der Waals surface area contributed by atoms with E-state index in [4.69, 9.17) is 4.74 Å². The fraction of sp³-hybridized carbons (Fsp3) is 0.200. The number of benzene rings is 1. The summed E-state index contributed by atoms with van der Waals surface area (Å²) >= 11 is 0. The van der Waals surface area contributed by atoms with Crippen molar-refractivity contribution in [1.29, 1.82) is 0 Å². The Kier molecular flexibility index (Phi) is 1.96. The first-order chi connectivity index (χ1) is 6.68. The number of ether oxygens (including phenoxy) is 1. The standard InChI is InChI=1S/C10H9NO3/c1-6(12)11-9-7-4-2-3-5-8(7)10(13)14-9/h2-5,9H,1H3,(H,11,12). The van der Waals surface area contributed by atoms with Gasteiger partial charge in [0.05, 0.1) is 5.56 Å². The lowest BCUT2D eigenvalue weighted by Gasteiger charge is -2.10. The minimum atomic E-state index is -0.629. The van der Waals surface area contributed by atoms with Gasteiger partial charge in [0.2, 0.25) is 12.1 Å². The molecule has 0 spiro atoms. The molecule has 0 aromatic heterocycles. The van der Waals surface area contributed by atoms with E-state index in [0.717, 1.165) is 0 Å². The Morgan fingerprint density at radius 2 is 2.14 bits per heavy atom. The molecular weight excluding hydrogens is 182 g/mol. The number of carbonyl (C=O) groups excluding carboxylic acids is 2. The van der Waals surface area contributed by atoms with Crippen LogP contribution in [0.15, 0.2) is 24.3 Å². The van der Waals surface area contributed by atoms with Crippen molar-refractivity contribution in [3.63, 3.8) is 0 Å². The number of carbonyl (C=O) groups is 2. The molecule has 14 heavy (non-hydrogen) atoms. The average molecular weight is 191 g/mol. The molecule has 1 aromatic carbocycles. The summed E-state index contributed by atoms with van der Waals surface area (Å²) in [4.78, 5) is 22.1. The van der Waals surface area contributed by atoms with Crippen LogP contribution in [0.1, 0.15) is 29.1 Å². The summed E-state index contributed by atoms with van der Waals surface area (Å²) in [5.74, 6) is -0.612. The zero-order valence-electron chi connectivity index (χ0n) is 7.61. The maximum absolute atomic E-state index is 11.3. The molecule has 1 atom stereocenters. The minimum Gasteiger partial charge on any atom is -0.434 e. The maximum Gasteiger partial charge on any atom is 0.340 e. The zero-order chi connectivity index (χ0) is 10.1. The molecule has 0 saturated carbocycles. The number of hydrogen-bond donors (Lipinski definition) is 1. The molecule has 2 rings (SSSR count). The lowest BCUT2D eigenvalue weighted by molar-refractivity contribution is -0.121. The molecule has 72 valence electrons. The normalized spacial score (nSPS) is 18.6. The van der Waals surface area contributed by atoms with E-state index in [-0.39, 0.29) is 11.9 Å². The average Bonchev–Trinajstić information content (AvgIpc) is 2.44. The van der Waals surface area contributed by atoms with Crippen LogP contribution in [0.25, 0.3) is 0 Å². The van der Waals surface area contributed by atoms with Gasteiger partial charge < -0.3 is 10.1 Å². The molecule has 1 unspecified atom stereocenters. The van der Waals surface area contributed by atoms with Crippen LogP contribution in [-0.4, -0.2) is 11.9 Å². The lowest BCUT2D eigenvalue weighted by Crippen LogP contribution is -2.25. The number of fused-ring (bicyclic) bond motifs is 1. The van der Waals surface area contributed by atoms with E-state index in [1.807, 2.05) is 0 Å². The highest BCUT2D eigenvalue weighted by Gasteiger charge is 2.30. The van der Waals surface area contributed by atoms with Crippen molar-refractivity contribution in [2.24, 2.45) is 0 Å². The van der Waals surface area contributed by atoms with Gasteiger partial charge in [-0.15, -0.1) is 0 Å². The molecule has 1 aromatic rings. The Labute approximate surface area is 80.9 Å². The maximum atomic E-state index is 11.3. The van der Waals surface area contributed by atoms with Gasteiger partial charge in [-0.3, -0.25) is 4.79 Å². The van der Waals surface area contributed by atoms with Crippen LogP contribution >= 0.6 is 0 Å². The van der Waals surface area contributed by atoms with E-state index < -0.39 is 6.23 Å². The van der Waals surface area contributed by atoms with Crippen LogP contribution in [0, 0.1) is 0 Å². The third-order valence-corrected chi connectivity index (χ3v) is 2.02. The van der Waals surface area contributed by atoms with Crippen molar-refractivity contribution >= 4 is 11.9 Å². The van der Waals surface area contributed by atoms with Gasteiger partial charge in [-0.05, 0) is 6.07 Å². The monoisotopic (exact) mass is 191 g/mol. The first kappa shape index (κ1) is 8.74. The Balaban J connectivity index is 2.34. The van der Waals surface area contributed by atoms with Gasteiger partial charge in [0.15, 0.2) is 0 Å². The largest absolute Gasteiger partial charge is 0.434 e. The van der Waals surface area contributed by atoms with E-state index in [1.165, 1.54) is 6.92 Å². The van der Waals surface area contributed by atoms with Crippen molar-refractivity contribution in [2.75, 3.05) is 0 Å². The molecule has 1 amide bonds. The molecule has 1 heterocycles. The number of cyclic esters (lactones) is 1. The van der Waals surface area contributed by atoms with E-state index in [0.29, 0.717) is 11.1 Å². The SMILES string of the molecule is CC(=O)NC1OC(=O)c2ccccc21. The summed E-state index contributed by atoms with van der Waals surface area (Å²) in [6.45, 7) is 1.38. The van der Waals surface area contributed by atoms with Crippen LogP contribution in [0.3, 0.4) is 0 Å². The summed E-state index contributed by atoms with van der Waals surface area (Å²) in [6, 6.07) is 7.01. The van der Waals surface area contributed by atoms with Gasteiger partial charge in [0, 0.05) is 12.5 Å². The summed E-state index contributed by atoms with van der Waals surface area (Å²) in [6.07, 6.45) is -0.629. The first-order valence-electron chi connectivity index (χ1n) is 4.25. The first-order valence-corrected chi connectivity index (χ1v) is 4.25. The molecule has 4 nitrogen and oxygen atoms in total.